The molecule has 17 heavy (non-hydrogen) atoms. The van der Waals surface area contributed by atoms with Crippen LogP contribution in [0.1, 0.15) is 25.0 Å². The highest BCUT2D eigenvalue weighted by molar-refractivity contribution is 5.62. The van der Waals surface area contributed by atoms with Gasteiger partial charge in [0.25, 0.3) is 5.97 Å². The summed E-state index contributed by atoms with van der Waals surface area (Å²) < 4.78 is 5.01. The minimum absolute atomic E-state index is 0.455. The predicted molar refractivity (Wildman–Crippen MR) is 66.1 cm³/mol. The van der Waals surface area contributed by atoms with Gasteiger partial charge < -0.3 is 14.9 Å². The molecule has 0 saturated carbocycles. The van der Waals surface area contributed by atoms with Crippen LogP contribution in [0.25, 0.3) is 0 Å². The third-order valence-electron chi connectivity index (χ3n) is 1.89. The highest BCUT2D eigenvalue weighted by Gasteiger charge is 2.04. The SMILES string of the molecule is C=CCC(O)c1ccc(OC)cc1.CC(=O)O. The van der Waals surface area contributed by atoms with Crippen molar-refractivity contribution < 1.29 is 19.7 Å². The van der Waals surface area contributed by atoms with Gasteiger partial charge in [0.15, 0.2) is 0 Å². The summed E-state index contributed by atoms with van der Waals surface area (Å²) in [5.74, 6) is -0.0328. The van der Waals surface area contributed by atoms with Crippen LogP contribution in [-0.2, 0) is 4.79 Å². The predicted octanol–water partition coefficient (Wildman–Crippen LogP) is 2.40. The molecule has 1 aromatic carbocycles. The minimum Gasteiger partial charge on any atom is -0.497 e. The number of hydrogen-bond donors (Lipinski definition) is 2. The van der Waals surface area contributed by atoms with Crippen molar-refractivity contribution in [1.29, 1.82) is 0 Å². The minimum atomic E-state index is -0.833. The van der Waals surface area contributed by atoms with Crippen LogP contribution < -0.4 is 4.74 Å². The molecule has 0 aliphatic heterocycles. The average molecular weight is 238 g/mol. The fourth-order valence-electron chi connectivity index (χ4n) is 1.12. The Hall–Kier alpha value is -1.81. The third kappa shape index (κ3) is 7.14. The Bertz CT molecular complexity index is 339. The fraction of sp³-hybridized carbons (Fsp3) is 0.308. The Kier molecular flexibility index (Phi) is 7.46. The lowest BCUT2D eigenvalue weighted by molar-refractivity contribution is -0.134. The monoisotopic (exact) mass is 238 g/mol. The molecule has 0 aliphatic carbocycles. The van der Waals surface area contributed by atoms with Gasteiger partial charge in [0, 0.05) is 6.92 Å². The quantitative estimate of drug-likeness (QED) is 0.790. The van der Waals surface area contributed by atoms with Crippen molar-refractivity contribution >= 4 is 5.97 Å². The number of aliphatic hydroxyl groups is 1. The number of rotatable bonds is 4. The molecular weight excluding hydrogens is 220 g/mol. The van der Waals surface area contributed by atoms with Gasteiger partial charge in [-0.25, -0.2) is 0 Å². The van der Waals surface area contributed by atoms with Crippen LogP contribution >= 0.6 is 0 Å². The lowest BCUT2D eigenvalue weighted by Gasteiger charge is -2.08. The van der Waals surface area contributed by atoms with Crippen LogP contribution in [0, 0.1) is 0 Å². The zero-order chi connectivity index (χ0) is 13.3. The van der Waals surface area contributed by atoms with Crippen LogP contribution in [0.15, 0.2) is 36.9 Å². The molecule has 1 rings (SSSR count). The van der Waals surface area contributed by atoms with E-state index < -0.39 is 12.1 Å². The highest BCUT2D eigenvalue weighted by atomic mass is 16.5. The van der Waals surface area contributed by atoms with Gasteiger partial charge in [0.2, 0.25) is 0 Å². The second-order valence-electron chi connectivity index (χ2n) is 3.33. The largest absolute Gasteiger partial charge is 0.497 e. The molecule has 1 unspecified atom stereocenters. The zero-order valence-electron chi connectivity index (χ0n) is 10.1. The van der Waals surface area contributed by atoms with Gasteiger partial charge in [-0.15, -0.1) is 6.58 Å². The maximum absolute atomic E-state index is 9.57. The molecule has 0 aromatic heterocycles. The van der Waals surface area contributed by atoms with E-state index in [1.54, 1.807) is 13.2 Å². The van der Waals surface area contributed by atoms with Gasteiger partial charge in [-0.3, -0.25) is 4.79 Å². The van der Waals surface area contributed by atoms with Gasteiger partial charge in [-0.2, -0.15) is 0 Å². The smallest absolute Gasteiger partial charge is 0.300 e. The summed E-state index contributed by atoms with van der Waals surface area (Å²) in [5, 5.41) is 17.0. The van der Waals surface area contributed by atoms with E-state index >= 15 is 0 Å². The number of carboxylic acids is 1. The summed E-state index contributed by atoms with van der Waals surface area (Å²) in [4.78, 5) is 9.00. The van der Waals surface area contributed by atoms with Gasteiger partial charge in [-0.05, 0) is 24.1 Å². The van der Waals surface area contributed by atoms with Crippen molar-refractivity contribution in [3.8, 4) is 5.75 Å². The van der Waals surface area contributed by atoms with Crippen molar-refractivity contribution in [3.63, 3.8) is 0 Å². The molecule has 0 heterocycles. The van der Waals surface area contributed by atoms with E-state index in [0.717, 1.165) is 18.2 Å². The summed E-state index contributed by atoms with van der Waals surface area (Å²) in [6, 6.07) is 7.38. The number of carboxylic acid groups (broad SMARTS) is 1. The summed E-state index contributed by atoms with van der Waals surface area (Å²) in [6.45, 7) is 4.66. The fourth-order valence-corrected chi connectivity index (χ4v) is 1.12. The molecule has 1 atom stereocenters. The zero-order valence-corrected chi connectivity index (χ0v) is 10.1. The average Bonchev–Trinajstić information content (AvgIpc) is 2.29. The number of aliphatic hydroxyl groups excluding tert-OH is 1. The van der Waals surface area contributed by atoms with Gasteiger partial charge >= 0.3 is 0 Å². The first-order valence-electron chi connectivity index (χ1n) is 5.13. The number of methoxy groups -OCH3 is 1. The summed E-state index contributed by atoms with van der Waals surface area (Å²) in [6.07, 6.45) is 1.82. The van der Waals surface area contributed by atoms with Gasteiger partial charge in [-0.1, -0.05) is 18.2 Å². The third-order valence-corrected chi connectivity index (χ3v) is 1.89. The first kappa shape index (κ1) is 15.2. The number of benzene rings is 1. The molecule has 0 amide bonds. The summed E-state index contributed by atoms with van der Waals surface area (Å²) in [7, 11) is 1.62. The van der Waals surface area contributed by atoms with E-state index in [4.69, 9.17) is 14.6 Å². The number of ether oxygens (including phenoxy) is 1. The molecule has 0 saturated heterocycles. The first-order chi connectivity index (χ1) is 8.01. The second-order valence-corrected chi connectivity index (χ2v) is 3.33. The van der Waals surface area contributed by atoms with Crippen LogP contribution in [-0.4, -0.2) is 23.3 Å². The molecule has 2 N–H and O–H groups in total. The lowest BCUT2D eigenvalue weighted by Crippen LogP contribution is -1.95. The summed E-state index contributed by atoms with van der Waals surface area (Å²) in [5.41, 5.74) is 0.890. The van der Waals surface area contributed by atoms with Crippen LogP contribution in [0.4, 0.5) is 0 Å². The molecule has 1 aromatic rings. The molecule has 0 spiro atoms. The molecule has 0 radical (unpaired) electrons. The van der Waals surface area contributed by atoms with Crippen molar-refractivity contribution in [1.82, 2.24) is 0 Å². The van der Waals surface area contributed by atoms with Crippen molar-refractivity contribution in [2.75, 3.05) is 7.11 Å². The van der Waals surface area contributed by atoms with E-state index in [1.807, 2.05) is 24.3 Å². The van der Waals surface area contributed by atoms with Crippen LogP contribution in [0.2, 0.25) is 0 Å². The standard InChI is InChI=1S/C11H14O2.C2H4O2/c1-3-4-11(12)9-5-7-10(13-2)8-6-9;1-2(3)4/h3,5-8,11-12H,1,4H2,2H3;1H3,(H,3,4). The molecule has 0 aliphatic rings. The first-order valence-corrected chi connectivity index (χ1v) is 5.13. The molecule has 94 valence electrons. The maximum Gasteiger partial charge on any atom is 0.300 e. The van der Waals surface area contributed by atoms with E-state index in [9.17, 15) is 5.11 Å². The van der Waals surface area contributed by atoms with E-state index in [0.29, 0.717) is 6.42 Å². The number of aliphatic carboxylic acids is 1. The highest BCUT2D eigenvalue weighted by Crippen LogP contribution is 2.19. The lowest BCUT2D eigenvalue weighted by atomic mass is 10.1. The van der Waals surface area contributed by atoms with Crippen LogP contribution in [0.5, 0.6) is 5.75 Å². The molecular formula is C13H18O4. The van der Waals surface area contributed by atoms with Crippen molar-refractivity contribution in [2.45, 2.75) is 19.4 Å². The molecule has 4 heteroatoms. The Morgan fingerprint density at radius 1 is 1.47 bits per heavy atom. The maximum atomic E-state index is 9.57. The number of carbonyl (C=O) groups is 1. The molecule has 4 nitrogen and oxygen atoms in total. The van der Waals surface area contributed by atoms with E-state index in [2.05, 4.69) is 6.58 Å². The van der Waals surface area contributed by atoms with E-state index in [1.165, 1.54) is 0 Å². The Labute approximate surface area is 101 Å². The normalized spacial score (nSPS) is 10.8. The second kappa shape index (κ2) is 8.35. The van der Waals surface area contributed by atoms with Gasteiger partial charge in [0.1, 0.15) is 5.75 Å². The summed E-state index contributed by atoms with van der Waals surface area (Å²) >= 11 is 0. The van der Waals surface area contributed by atoms with Crippen molar-refractivity contribution in [3.05, 3.63) is 42.5 Å². The Balaban J connectivity index is 0.000000557. The molecule has 0 bridgehead atoms. The van der Waals surface area contributed by atoms with Gasteiger partial charge in [0.05, 0.1) is 13.2 Å². The molecule has 0 fully saturated rings. The van der Waals surface area contributed by atoms with Crippen LogP contribution in [0.3, 0.4) is 0 Å². The van der Waals surface area contributed by atoms with E-state index in [-0.39, 0.29) is 0 Å². The Morgan fingerprint density at radius 3 is 2.29 bits per heavy atom. The number of hydrogen-bond acceptors (Lipinski definition) is 3. The topological polar surface area (TPSA) is 66.8 Å². The van der Waals surface area contributed by atoms with Crippen molar-refractivity contribution in [2.24, 2.45) is 0 Å². The Morgan fingerprint density at radius 2 is 1.94 bits per heavy atom.